The molecule has 3 saturated heterocycles. The molecule has 18 atom stereocenters. The number of cyclic esters (lactones) is 1. The van der Waals surface area contributed by atoms with Gasteiger partial charge in [0.1, 0.15) is 36.3 Å². The first-order valence-electron chi connectivity index (χ1n) is 19.3. The zero-order chi connectivity index (χ0) is 41.1. The minimum absolute atomic E-state index is 0.0230. The molecule has 0 aromatic carbocycles. The fraction of sp³-hybridized carbons (Fsp3) is 0.923. The number of hydrogen-bond acceptors (Lipinski definition) is 15. The molecule has 3 aliphatic rings. The van der Waals surface area contributed by atoms with E-state index in [-0.39, 0.29) is 31.4 Å². The quantitative estimate of drug-likeness (QED) is 0.248. The molecule has 0 bridgehead atoms. The Morgan fingerprint density at radius 1 is 0.926 bits per heavy atom. The number of aliphatic hydroxyl groups excluding tert-OH is 3. The van der Waals surface area contributed by atoms with Gasteiger partial charge in [0, 0.05) is 37.3 Å². The lowest BCUT2D eigenvalue weighted by Crippen LogP contribution is -2.61. The molecule has 0 spiro atoms. The van der Waals surface area contributed by atoms with Crippen molar-refractivity contribution in [3.63, 3.8) is 0 Å². The Kier molecular flexibility index (Phi) is 16.1. The number of Topliss-reactive ketones (excluding diaryl/α,β-unsaturated/α-hetero) is 1. The van der Waals surface area contributed by atoms with E-state index in [1.54, 1.807) is 48.5 Å². The molecule has 54 heavy (non-hydrogen) atoms. The van der Waals surface area contributed by atoms with E-state index in [1.807, 2.05) is 32.0 Å². The Morgan fingerprint density at radius 2 is 1.56 bits per heavy atom. The molecule has 0 aliphatic carbocycles. The lowest BCUT2D eigenvalue weighted by molar-refractivity contribution is -0.320. The van der Waals surface area contributed by atoms with Crippen LogP contribution in [0.2, 0.25) is 0 Å². The van der Waals surface area contributed by atoms with Crippen molar-refractivity contribution >= 4 is 11.8 Å². The highest BCUT2D eigenvalue weighted by molar-refractivity contribution is 5.83. The number of ether oxygens (including phenoxy) is 7. The molecular formula is C39H68N2O13. The minimum Gasteiger partial charge on any atom is -0.459 e. The molecule has 2 unspecified atom stereocenters. The van der Waals surface area contributed by atoms with Crippen LogP contribution in [-0.4, -0.2) is 149 Å². The fourth-order valence-electron chi connectivity index (χ4n) is 8.72. The molecule has 0 amide bonds. The van der Waals surface area contributed by atoms with Gasteiger partial charge in [0.25, 0.3) is 0 Å². The summed E-state index contributed by atoms with van der Waals surface area (Å²) in [6, 6.07) is 1.68. The highest BCUT2D eigenvalue weighted by Gasteiger charge is 2.54. The summed E-state index contributed by atoms with van der Waals surface area (Å²) in [5.41, 5.74) is -4.54. The maximum absolute atomic E-state index is 14.2. The highest BCUT2D eigenvalue weighted by Crippen LogP contribution is 2.42. The number of carbonyl (C=O) groups is 2. The first-order valence-corrected chi connectivity index (χ1v) is 19.3. The van der Waals surface area contributed by atoms with Crippen molar-refractivity contribution in [2.75, 3.05) is 27.8 Å². The van der Waals surface area contributed by atoms with E-state index in [2.05, 4.69) is 0 Å². The Balaban J connectivity index is 2.27. The van der Waals surface area contributed by atoms with E-state index in [9.17, 15) is 35.3 Å². The predicted octanol–water partition coefficient (Wildman–Crippen LogP) is 2.33. The van der Waals surface area contributed by atoms with Gasteiger partial charge in [-0.25, -0.2) is 0 Å². The van der Waals surface area contributed by atoms with Gasteiger partial charge >= 0.3 is 5.97 Å². The Bertz CT molecular complexity index is 1300. The van der Waals surface area contributed by atoms with Crippen LogP contribution in [0.3, 0.4) is 0 Å². The van der Waals surface area contributed by atoms with Crippen molar-refractivity contribution in [1.29, 1.82) is 5.26 Å². The first kappa shape index (κ1) is 46.6. The lowest BCUT2D eigenvalue weighted by atomic mass is 9.73. The van der Waals surface area contributed by atoms with E-state index < -0.39 is 114 Å². The number of ketones is 1. The third kappa shape index (κ3) is 10.0. The number of nitriles is 1. The van der Waals surface area contributed by atoms with Crippen LogP contribution in [0.1, 0.15) is 94.9 Å². The normalized spacial score (nSPS) is 47.5. The molecule has 0 aromatic rings. The Hall–Kier alpha value is -1.81. The van der Waals surface area contributed by atoms with Gasteiger partial charge in [-0.3, -0.25) is 9.59 Å². The lowest BCUT2D eigenvalue weighted by Gasteiger charge is -2.50. The standard InChI is InChI=1S/C39H68N2O13/c1-14-27-39(10,47)32(44)22(4)29(42)20(2)18-38(9,49-16-15-40)34(54-36-30(43)26(41(11)12)17-21(3)50-36)23(5)31(24(6)35(46)52-27)53-28-19-37(8,48-13)33(45)25(7)51-28/h20-28,30-34,36,43-45,47H,14,16-19H2,1-13H3/t20-,21-,22+,23+,24-,25+,26+,27?,28+,30-,31?,32-,33+,34-,36+,37-,38-,39-/m1/s1. The highest BCUT2D eigenvalue weighted by atomic mass is 16.7. The van der Waals surface area contributed by atoms with Crippen molar-refractivity contribution in [3.8, 4) is 6.07 Å². The van der Waals surface area contributed by atoms with Gasteiger partial charge in [0.15, 0.2) is 12.6 Å². The average Bonchev–Trinajstić information content (AvgIpc) is 3.11. The summed E-state index contributed by atoms with van der Waals surface area (Å²) in [5.74, 6) is -4.93. The number of hydrogen-bond donors (Lipinski definition) is 4. The van der Waals surface area contributed by atoms with Crippen molar-refractivity contribution in [3.05, 3.63) is 0 Å². The molecule has 3 aliphatic heterocycles. The van der Waals surface area contributed by atoms with Crippen LogP contribution in [0.25, 0.3) is 0 Å². The van der Waals surface area contributed by atoms with E-state index in [0.29, 0.717) is 6.42 Å². The summed E-state index contributed by atoms with van der Waals surface area (Å²) >= 11 is 0. The van der Waals surface area contributed by atoms with Crippen molar-refractivity contribution < 1.29 is 63.2 Å². The smallest absolute Gasteiger partial charge is 0.311 e. The zero-order valence-corrected chi connectivity index (χ0v) is 34.6. The minimum atomic E-state index is -2.01. The summed E-state index contributed by atoms with van der Waals surface area (Å²) in [4.78, 5) is 30.2. The molecule has 0 aromatic heterocycles. The number of carbonyl (C=O) groups excluding carboxylic acids is 2. The molecule has 15 heteroatoms. The van der Waals surface area contributed by atoms with Crippen molar-refractivity contribution in [1.82, 2.24) is 4.90 Å². The van der Waals surface area contributed by atoms with Crippen LogP contribution >= 0.6 is 0 Å². The second-order valence-electron chi connectivity index (χ2n) is 16.9. The van der Waals surface area contributed by atoms with Crippen molar-refractivity contribution in [2.24, 2.45) is 23.7 Å². The fourth-order valence-corrected chi connectivity index (χ4v) is 8.72. The second kappa shape index (κ2) is 18.6. The number of rotatable bonds is 9. The maximum atomic E-state index is 14.2. The molecule has 312 valence electrons. The average molecular weight is 773 g/mol. The number of likely N-dealkylation sites (N-methyl/N-ethyl adjacent to an activating group) is 1. The van der Waals surface area contributed by atoms with Gasteiger partial charge in [-0.15, -0.1) is 0 Å². The van der Waals surface area contributed by atoms with Gasteiger partial charge in [0.2, 0.25) is 0 Å². The molecule has 3 rings (SSSR count). The summed E-state index contributed by atoms with van der Waals surface area (Å²) in [7, 11) is 5.19. The third-order valence-electron chi connectivity index (χ3n) is 12.3. The first-order chi connectivity index (χ1) is 25.0. The van der Waals surface area contributed by atoms with E-state index >= 15 is 0 Å². The van der Waals surface area contributed by atoms with Gasteiger partial charge in [-0.2, -0.15) is 5.26 Å². The van der Waals surface area contributed by atoms with Crippen LogP contribution in [0.5, 0.6) is 0 Å². The summed E-state index contributed by atoms with van der Waals surface area (Å²) < 4.78 is 43.9. The zero-order valence-electron chi connectivity index (χ0n) is 34.6. The Labute approximate surface area is 321 Å². The van der Waals surface area contributed by atoms with Gasteiger partial charge in [-0.1, -0.05) is 27.7 Å². The number of nitrogens with zero attached hydrogens (tertiary/aromatic N) is 2. The molecule has 0 saturated carbocycles. The molecule has 15 nitrogen and oxygen atoms in total. The van der Waals surface area contributed by atoms with E-state index in [1.165, 1.54) is 21.0 Å². The van der Waals surface area contributed by atoms with Crippen LogP contribution in [0.15, 0.2) is 0 Å². The SMILES string of the molecule is CCC1OC(=O)[C@H](C)C(O[C@H]2C[C@@](C)(OC)[C@@H](O)[C@H](C)O2)[C@H](C)[C@@H](O[C@@H]2O[C@H](C)C[C@H](N(C)C)[C@H]2O)[C@](C)(OCC#N)C[C@@H](C)C(=O)[C@H](C)[C@@H](O)[C@]1(C)O. The molecular weight excluding hydrogens is 704 g/mol. The third-order valence-corrected chi connectivity index (χ3v) is 12.3. The molecule has 0 radical (unpaired) electrons. The number of esters is 1. The maximum Gasteiger partial charge on any atom is 0.311 e. The van der Waals surface area contributed by atoms with Crippen LogP contribution < -0.4 is 0 Å². The molecule has 3 fully saturated rings. The summed E-state index contributed by atoms with van der Waals surface area (Å²) in [6.45, 7) is 16.2. The monoisotopic (exact) mass is 772 g/mol. The van der Waals surface area contributed by atoms with Crippen LogP contribution in [-0.2, 0) is 42.7 Å². The summed E-state index contributed by atoms with van der Waals surface area (Å²) in [6.07, 6.45) is -9.62. The van der Waals surface area contributed by atoms with Gasteiger partial charge < -0.3 is 58.5 Å². The van der Waals surface area contributed by atoms with Crippen LogP contribution in [0.4, 0.5) is 0 Å². The van der Waals surface area contributed by atoms with Gasteiger partial charge in [-0.05, 0) is 74.9 Å². The van der Waals surface area contributed by atoms with Crippen LogP contribution in [0, 0.1) is 35.0 Å². The Morgan fingerprint density at radius 3 is 2.11 bits per heavy atom. The second-order valence-corrected chi connectivity index (χ2v) is 16.9. The largest absolute Gasteiger partial charge is 0.459 e. The predicted molar refractivity (Wildman–Crippen MR) is 196 cm³/mol. The number of aliphatic hydroxyl groups is 4. The molecule has 4 N–H and O–H groups in total. The van der Waals surface area contributed by atoms with Gasteiger partial charge in [0.05, 0.1) is 53.7 Å². The van der Waals surface area contributed by atoms with E-state index in [0.717, 1.165) is 0 Å². The topological polar surface area (TPSA) is 207 Å². The summed E-state index contributed by atoms with van der Waals surface area (Å²) in [5, 5.41) is 55.5. The van der Waals surface area contributed by atoms with Crippen molar-refractivity contribution in [2.45, 2.75) is 179 Å². The van der Waals surface area contributed by atoms with E-state index in [4.69, 9.17) is 33.2 Å². The number of methoxy groups -OCH3 is 1. The molecule has 3 heterocycles.